The molecule has 2 N–H and O–H groups in total. The van der Waals surface area contributed by atoms with Gasteiger partial charge in [-0.2, -0.15) is 0 Å². The summed E-state index contributed by atoms with van der Waals surface area (Å²) in [7, 11) is 0. The van der Waals surface area contributed by atoms with Crippen molar-refractivity contribution < 1.29 is 32.7 Å². The summed E-state index contributed by atoms with van der Waals surface area (Å²) in [5, 5.41) is 5.06. The second kappa shape index (κ2) is 11.3. The number of esters is 1. The summed E-state index contributed by atoms with van der Waals surface area (Å²) in [5.74, 6) is -4.95. The van der Waals surface area contributed by atoms with Crippen LogP contribution in [0.3, 0.4) is 0 Å². The molecule has 0 atom stereocenters. The van der Waals surface area contributed by atoms with Crippen molar-refractivity contribution in [1.82, 2.24) is 9.88 Å². The highest BCUT2D eigenvalue weighted by Crippen LogP contribution is 2.39. The number of hydrogen-bond acceptors (Lipinski definition) is 5. The van der Waals surface area contributed by atoms with Crippen LogP contribution in [0.25, 0.3) is 0 Å². The SMILES string of the molecule is CC1(CNC(=O)C(=O)c2c(Cl)c(C(=O)Nc3ccc(F)c(F)c3)c3n2CCC3)CCC(C(=O)OC(C)(C)C)CC1. The Morgan fingerprint density at radius 2 is 1.80 bits per heavy atom. The van der Waals surface area contributed by atoms with E-state index in [1.807, 2.05) is 27.7 Å². The number of anilines is 1. The van der Waals surface area contributed by atoms with E-state index < -0.39 is 34.8 Å². The van der Waals surface area contributed by atoms with Gasteiger partial charge in [0.25, 0.3) is 17.6 Å². The van der Waals surface area contributed by atoms with Gasteiger partial charge < -0.3 is 19.9 Å². The lowest BCUT2D eigenvalue weighted by atomic mass is 9.71. The first-order valence-corrected chi connectivity index (χ1v) is 13.8. The van der Waals surface area contributed by atoms with Crippen molar-refractivity contribution in [2.24, 2.45) is 11.3 Å². The van der Waals surface area contributed by atoms with Crippen LogP contribution in [0.5, 0.6) is 0 Å². The van der Waals surface area contributed by atoms with Gasteiger partial charge in [0.1, 0.15) is 11.3 Å². The predicted octanol–water partition coefficient (Wildman–Crippen LogP) is 5.46. The van der Waals surface area contributed by atoms with Gasteiger partial charge in [-0.15, -0.1) is 0 Å². The van der Waals surface area contributed by atoms with Crippen LogP contribution in [0.2, 0.25) is 5.02 Å². The number of rotatable bonds is 7. The first-order valence-electron chi connectivity index (χ1n) is 13.4. The summed E-state index contributed by atoms with van der Waals surface area (Å²) in [5.41, 5.74) is -0.346. The Labute approximate surface area is 236 Å². The van der Waals surface area contributed by atoms with Crippen molar-refractivity contribution in [2.75, 3.05) is 11.9 Å². The monoisotopic (exact) mass is 577 g/mol. The number of Topliss-reactive ketones (excluding diaryl/α,β-unsaturated/α-hetero) is 1. The van der Waals surface area contributed by atoms with Crippen molar-refractivity contribution in [3.63, 3.8) is 0 Å². The Kier molecular flexibility index (Phi) is 8.40. The minimum absolute atomic E-state index is 0.0261. The Morgan fingerprint density at radius 1 is 1.12 bits per heavy atom. The van der Waals surface area contributed by atoms with Gasteiger partial charge in [0.15, 0.2) is 11.6 Å². The van der Waals surface area contributed by atoms with Crippen LogP contribution >= 0.6 is 11.6 Å². The molecule has 1 saturated carbocycles. The quantitative estimate of drug-likeness (QED) is 0.258. The van der Waals surface area contributed by atoms with Gasteiger partial charge in [-0.25, -0.2) is 8.78 Å². The number of fused-ring (bicyclic) bond motifs is 1. The summed E-state index contributed by atoms with van der Waals surface area (Å²) in [4.78, 5) is 51.7. The topological polar surface area (TPSA) is 106 Å². The molecular weight excluding hydrogens is 544 g/mol. The van der Waals surface area contributed by atoms with Crippen molar-refractivity contribution in [1.29, 1.82) is 0 Å². The molecular formula is C29H34ClF2N3O5. The van der Waals surface area contributed by atoms with Gasteiger partial charge in [-0.3, -0.25) is 19.2 Å². The van der Waals surface area contributed by atoms with Crippen molar-refractivity contribution in [3.8, 4) is 0 Å². The molecule has 2 heterocycles. The maximum atomic E-state index is 13.6. The fourth-order valence-corrected chi connectivity index (χ4v) is 5.74. The molecule has 0 saturated heterocycles. The minimum Gasteiger partial charge on any atom is -0.460 e. The van der Waals surface area contributed by atoms with Gasteiger partial charge in [-0.05, 0) is 76.8 Å². The molecule has 40 heavy (non-hydrogen) atoms. The zero-order valence-corrected chi connectivity index (χ0v) is 23.8. The molecule has 0 bridgehead atoms. The van der Waals surface area contributed by atoms with Crippen LogP contribution in [0.15, 0.2) is 18.2 Å². The van der Waals surface area contributed by atoms with Crippen LogP contribution < -0.4 is 10.6 Å². The molecule has 1 aliphatic heterocycles. The molecule has 0 spiro atoms. The van der Waals surface area contributed by atoms with E-state index in [1.54, 1.807) is 4.57 Å². The zero-order chi connectivity index (χ0) is 29.4. The van der Waals surface area contributed by atoms with E-state index in [0.717, 1.165) is 12.1 Å². The lowest BCUT2D eigenvalue weighted by Crippen LogP contribution is -2.42. The maximum Gasteiger partial charge on any atom is 0.309 e. The Morgan fingerprint density at radius 3 is 2.42 bits per heavy atom. The first kappa shape index (κ1) is 29.7. The van der Waals surface area contributed by atoms with E-state index in [-0.39, 0.29) is 45.8 Å². The van der Waals surface area contributed by atoms with Crippen LogP contribution in [-0.2, 0) is 27.3 Å². The molecule has 11 heteroatoms. The van der Waals surface area contributed by atoms with Crippen molar-refractivity contribution in [2.45, 2.75) is 78.4 Å². The molecule has 1 fully saturated rings. The largest absolute Gasteiger partial charge is 0.460 e. The van der Waals surface area contributed by atoms with Crippen LogP contribution in [0, 0.1) is 23.0 Å². The molecule has 4 rings (SSSR count). The van der Waals surface area contributed by atoms with Gasteiger partial charge in [-0.1, -0.05) is 18.5 Å². The third kappa shape index (κ3) is 6.37. The molecule has 1 aromatic heterocycles. The normalized spacial score (nSPS) is 20.5. The van der Waals surface area contributed by atoms with E-state index in [4.69, 9.17) is 16.3 Å². The number of carbonyl (C=O) groups excluding carboxylic acids is 4. The van der Waals surface area contributed by atoms with E-state index in [0.29, 0.717) is 50.8 Å². The molecule has 216 valence electrons. The molecule has 0 unspecified atom stereocenters. The molecule has 1 aliphatic carbocycles. The van der Waals surface area contributed by atoms with Gasteiger partial charge in [0, 0.05) is 30.5 Å². The average Bonchev–Trinajstić information content (AvgIpc) is 3.43. The number of halogens is 3. The fourth-order valence-electron chi connectivity index (χ4n) is 5.36. The number of aromatic nitrogens is 1. The lowest BCUT2D eigenvalue weighted by molar-refractivity contribution is -0.162. The highest BCUT2D eigenvalue weighted by atomic mass is 35.5. The lowest BCUT2D eigenvalue weighted by Gasteiger charge is -2.37. The third-order valence-electron chi connectivity index (χ3n) is 7.54. The number of nitrogens with one attached hydrogen (secondary N) is 2. The Bertz CT molecular complexity index is 1360. The number of ether oxygens (including phenoxy) is 1. The summed E-state index contributed by atoms with van der Waals surface area (Å²) in [6.45, 7) is 8.15. The second-order valence-corrected chi connectivity index (χ2v) is 12.3. The number of hydrogen-bond donors (Lipinski definition) is 2. The van der Waals surface area contributed by atoms with E-state index in [9.17, 15) is 28.0 Å². The van der Waals surface area contributed by atoms with Crippen LogP contribution in [0.4, 0.5) is 14.5 Å². The first-order chi connectivity index (χ1) is 18.7. The summed E-state index contributed by atoms with van der Waals surface area (Å²) in [6.07, 6.45) is 3.73. The predicted molar refractivity (Wildman–Crippen MR) is 145 cm³/mol. The molecule has 2 aromatic rings. The molecule has 2 aliphatic rings. The summed E-state index contributed by atoms with van der Waals surface area (Å²) in [6, 6.07) is 2.95. The molecule has 1 aromatic carbocycles. The van der Waals surface area contributed by atoms with E-state index in [1.165, 1.54) is 6.07 Å². The van der Waals surface area contributed by atoms with Gasteiger partial charge in [0.2, 0.25) is 0 Å². The number of ketones is 1. The fraction of sp³-hybridized carbons (Fsp3) is 0.517. The summed E-state index contributed by atoms with van der Waals surface area (Å²) >= 11 is 6.51. The number of carbonyl (C=O) groups is 4. The van der Waals surface area contributed by atoms with Crippen LogP contribution in [0.1, 0.15) is 86.3 Å². The minimum atomic E-state index is -1.12. The van der Waals surface area contributed by atoms with E-state index >= 15 is 0 Å². The summed E-state index contributed by atoms with van der Waals surface area (Å²) < 4.78 is 34.0. The molecule has 0 radical (unpaired) electrons. The Hall–Kier alpha value is -3.27. The average molecular weight is 578 g/mol. The smallest absolute Gasteiger partial charge is 0.309 e. The highest BCUT2D eigenvalue weighted by molar-refractivity contribution is 6.48. The number of benzene rings is 1. The second-order valence-electron chi connectivity index (χ2n) is 12.0. The third-order valence-corrected chi connectivity index (χ3v) is 7.91. The van der Waals surface area contributed by atoms with Gasteiger partial charge >= 0.3 is 5.97 Å². The van der Waals surface area contributed by atoms with Gasteiger partial charge in [0.05, 0.1) is 16.5 Å². The van der Waals surface area contributed by atoms with E-state index in [2.05, 4.69) is 10.6 Å². The Balaban J connectivity index is 1.42. The zero-order valence-electron chi connectivity index (χ0n) is 23.1. The standard InChI is InChI=1S/C29H34ClF2N3O5/c1-28(2,3)40-27(39)16-9-11-29(4,12-10-16)15-33-26(38)24(36)23-22(30)21(20-6-5-13-35(20)23)25(37)34-17-7-8-18(31)19(32)14-17/h7-8,14,16H,5-6,9-13,15H2,1-4H3,(H,33,38)(H,34,37). The highest BCUT2D eigenvalue weighted by Gasteiger charge is 2.38. The van der Waals surface area contributed by atoms with Crippen molar-refractivity contribution >= 4 is 40.9 Å². The molecule has 8 nitrogen and oxygen atoms in total. The number of amides is 2. The molecule has 2 amide bonds. The van der Waals surface area contributed by atoms with Crippen LogP contribution in [-0.4, -0.2) is 40.3 Å². The maximum absolute atomic E-state index is 13.6. The number of nitrogens with zero attached hydrogens (tertiary/aromatic N) is 1. The van der Waals surface area contributed by atoms with Crippen molar-refractivity contribution in [3.05, 3.63) is 51.8 Å².